The fraction of sp³-hybridized carbons (Fsp3) is 0.333. The lowest BCUT2D eigenvalue weighted by molar-refractivity contribution is -0.131. The average molecular weight is 498 g/mol. The number of amides is 1. The first-order valence-corrected chi connectivity index (χ1v) is 12.8. The first-order valence-electron chi connectivity index (χ1n) is 12.8. The van der Waals surface area contributed by atoms with E-state index in [0.717, 1.165) is 52.7 Å². The minimum Gasteiger partial charge on any atom is -0.495 e. The Morgan fingerprint density at radius 2 is 1.73 bits per heavy atom. The lowest BCUT2D eigenvalue weighted by Crippen LogP contribution is -2.49. The van der Waals surface area contributed by atoms with Crippen LogP contribution >= 0.6 is 0 Å². The van der Waals surface area contributed by atoms with E-state index in [-0.39, 0.29) is 11.8 Å². The molecule has 192 valence electrons. The number of hydrogen-bond donors (Lipinski definition) is 0. The Hall–Kier alpha value is -4.00. The number of fused-ring (bicyclic) bond motifs is 1. The first kappa shape index (κ1) is 24.7. The van der Waals surface area contributed by atoms with Crippen molar-refractivity contribution in [3.63, 3.8) is 0 Å². The number of pyridine rings is 1. The molecular formula is C30H35N5O2. The summed E-state index contributed by atoms with van der Waals surface area (Å²) in [5.41, 5.74) is 6.43. The number of aryl methyl sites for hydroxylation is 1. The van der Waals surface area contributed by atoms with E-state index in [4.69, 9.17) is 9.72 Å². The van der Waals surface area contributed by atoms with Gasteiger partial charge in [-0.05, 0) is 48.4 Å². The summed E-state index contributed by atoms with van der Waals surface area (Å²) in [6.45, 7) is 5.01. The highest BCUT2D eigenvalue weighted by Gasteiger charge is 2.28. The second kappa shape index (κ2) is 10.5. The lowest BCUT2D eigenvalue weighted by Gasteiger charge is -2.37. The van der Waals surface area contributed by atoms with E-state index < -0.39 is 0 Å². The molecule has 7 nitrogen and oxygen atoms in total. The molecule has 5 rings (SSSR count). The van der Waals surface area contributed by atoms with Crippen LogP contribution in [-0.2, 0) is 4.79 Å². The van der Waals surface area contributed by atoms with E-state index in [9.17, 15) is 4.79 Å². The zero-order valence-electron chi connectivity index (χ0n) is 22.1. The molecule has 0 aliphatic carbocycles. The number of carbonyl (C=O) groups is 1. The van der Waals surface area contributed by atoms with Crippen LogP contribution in [0.2, 0.25) is 0 Å². The summed E-state index contributed by atoms with van der Waals surface area (Å²) in [5.74, 6) is 0.947. The molecule has 1 aliphatic rings. The third-order valence-corrected chi connectivity index (χ3v) is 7.37. The largest absolute Gasteiger partial charge is 0.495 e. The van der Waals surface area contributed by atoms with Crippen LogP contribution in [0.25, 0.3) is 5.65 Å². The van der Waals surface area contributed by atoms with Crippen molar-refractivity contribution in [2.24, 2.45) is 0 Å². The van der Waals surface area contributed by atoms with Gasteiger partial charge in [0, 0.05) is 70.7 Å². The van der Waals surface area contributed by atoms with Crippen LogP contribution in [0.15, 0.2) is 73.1 Å². The quantitative estimate of drug-likeness (QED) is 0.374. The highest BCUT2D eigenvalue weighted by atomic mass is 16.5. The number of imidazole rings is 1. The van der Waals surface area contributed by atoms with Gasteiger partial charge in [-0.25, -0.2) is 4.98 Å². The predicted molar refractivity (Wildman–Crippen MR) is 149 cm³/mol. The van der Waals surface area contributed by atoms with E-state index >= 15 is 0 Å². The molecule has 0 spiro atoms. The third kappa shape index (κ3) is 4.99. The molecule has 4 aromatic rings. The van der Waals surface area contributed by atoms with E-state index in [0.29, 0.717) is 19.5 Å². The number of nitrogens with zero attached hydrogens (tertiary/aromatic N) is 5. The van der Waals surface area contributed by atoms with Crippen LogP contribution in [0.1, 0.15) is 29.2 Å². The zero-order chi connectivity index (χ0) is 25.9. The smallest absolute Gasteiger partial charge is 0.223 e. The molecule has 1 saturated heterocycles. The second-order valence-corrected chi connectivity index (χ2v) is 9.85. The summed E-state index contributed by atoms with van der Waals surface area (Å²) in [5, 5.41) is 0. The van der Waals surface area contributed by atoms with Crippen molar-refractivity contribution in [3.8, 4) is 5.75 Å². The number of para-hydroxylation sites is 2. The Morgan fingerprint density at radius 1 is 1.00 bits per heavy atom. The number of rotatable bonds is 7. The molecular weight excluding hydrogens is 462 g/mol. The van der Waals surface area contributed by atoms with Crippen molar-refractivity contribution in [2.75, 3.05) is 57.2 Å². The molecule has 1 atom stereocenters. The number of carbonyl (C=O) groups excluding carboxylic acids is 1. The molecule has 1 aliphatic heterocycles. The van der Waals surface area contributed by atoms with Gasteiger partial charge in [0.1, 0.15) is 11.4 Å². The number of anilines is 2. The molecule has 3 heterocycles. The predicted octanol–water partition coefficient (Wildman–Crippen LogP) is 4.59. The Balaban J connectivity index is 1.38. The summed E-state index contributed by atoms with van der Waals surface area (Å²) >= 11 is 0. The van der Waals surface area contributed by atoms with Crippen LogP contribution < -0.4 is 14.5 Å². The van der Waals surface area contributed by atoms with Crippen LogP contribution in [0, 0.1) is 6.92 Å². The molecule has 0 radical (unpaired) electrons. The van der Waals surface area contributed by atoms with E-state index in [1.165, 1.54) is 0 Å². The van der Waals surface area contributed by atoms with Crippen molar-refractivity contribution in [2.45, 2.75) is 19.3 Å². The molecule has 2 aromatic heterocycles. The van der Waals surface area contributed by atoms with Crippen molar-refractivity contribution < 1.29 is 9.53 Å². The summed E-state index contributed by atoms with van der Waals surface area (Å²) in [7, 11) is 5.77. The molecule has 0 bridgehead atoms. The molecule has 37 heavy (non-hydrogen) atoms. The van der Waals surface area contributed by atoms with E-state index in [1.54, 1.807) is 7.11 Å². The minimum atomic E-state index is -0.0900. The number of piperazine rings is 1. The standard InChI is InChI=1S/C30H35N5O2/c1-22-8-7-15-35-27(21-31-30(22)35)25(23-11-13-24(14-12-23)32(2)3)20-29(36)34-18-16-33(17-19-34)26-9-5-6-10-28(26)37-4/h5-15,21,25H,16-20H2,1-4H3. The lowest BCUT2D eigenvalue weighted by atomic mass is 9.91. The summed E-state index contributed by atoms with van der Waals surface area (Å²) in [6.07, 6.45) is 4.37. The normalized spacial score (nSPS) is 14.6. The average Bonchev–Trinajstić information content (AvgIpc) is 3.37. The van der Waals surface area contributed by atoms with Gasteiger partial charge in [0.25, 0.3) is 0 Å². The number of hydrogen-bond acceptors (Lipinski definition) is 5. The highest BCUT2D eigenvalue weighted by molar-refractivity contribution is 5.78. The van der Waals surface area contributed by atoms with Crippen LogP contribution in [0.4, 0.5) is 11.4 Å². The minimum absolute atomic E-state index is 0.0900. The van der Waals surface area contributed by atoms with Gasteiger partial charge in [-0.15, -0.1) is 0 Å². The molecule has 1 amide bonds. The molecule has 0 saturated carbocycles. The van der Waals surface area contributed by atoms with Gasteiger partial charge in [-0.1, -0.05) is 30.3 Å². The number of methoxy groups -OCH3 is 1. The Kier molecular flexibility index (Phi) is 7.04. The Labute approximate surface area is 218 Å². The molecule has 2 aromatic carbocycles. The number of benzene rings is 2. The maximum atomic E-state index is 13.7. The van der Waals surface area contributed by atoms with Crippen molar-refractivity contribution in [3.05, 3.63) is 89.9 Å². The van der Waals surface area contributed by atoms with E-state index in [2.05, 4.69) is 57.5 Å². The van der Waals surface area contributed by atoms with Crippen LogP contribution in [0.5, 0.6) is 5.75 Å². The van der Waals surface area contributed by atoms with Gasteiger partial charge in [-0.2, -0.15) is 0 Å². The summed E-state index contributed by atoms with van der Waals surface area (Å²) in [4.78, 5) is 24.8. The topological polar surface area (TPSA) is 53.3 Å². The fourth-order valence-corrected chi connectivity index (χ4v) is 5.22. The highest BCUT2D eigenvalue weighted by Crippen LogP contribution is 2.32. The number of ether oxygens (including phenoxy) is 1. The monoisotopic (exact) mass is 497 g/mol. The van der Waals surface area contributed by atoms with Gasteiger partial charge < -0.3 is 23.8 Å². The summed E-state index contributed by atoms with van der Waals surface area (Å²) < 4.78 is 7.68. The Morgan fingerprint density at radius 3 is 2.43 bits per heavy atom. The van der Waals surface area contributed by atoms with Gasteiger partial charge in [0.15, 0.2) is 0 Å². The van der Waals surface area contributed by atoms with Gasteiger partial charge >= 0.3 is 0 Å². The van der Waals surface area contributed by atoms with E-state index in [1.807, 2.05) is 55.7 Å². The molecule has 0 N–H and O–H groups in total. The maximum absolute atomic E-state index is 13.7. The SMILES string of the molecule is COc1ccccc1N1CCN(C(=O)CC(c2ccc(N(C)C)cc2)c2cnc3c(C)cccn23)CC1. The third-order valence-electron chi connectivity index (χ3n) is 7.37. The van der Waals surface area contributed by atoms with Gasteiger partial charge in [-0.3, -0.25) is 4.79 Å². The van der Waals surface area contributed by atoms with Crippen molar-refractivity contribution in [1.29, 1.82) is 0 Å². The van der Waals surface area contributed by atoms with Crippen molar-refractivity contribution in [1.82, 2.24) is 14.3 Å². The van der Waals surface area contributed by atoms with Crippen LogP contribution in [0.3, 0.4) is 0 Å². The molecule has 1 unspecified atom stereocenters. The van der Waals surface area contributed by atoms with Gasteiger partial charge in [0.2, 0.25) is 5.91 Å². The Bertz CT molecular complexity index is 1370. The maximum Gasteiger partial charge on any atom is 0.223 e. The second-order valence-electron chi connectivity index (χ2n) is 9.85. The fourth-order valence-electron chi connectivity index (χ4n) is 5.22. The zero-order valence-corrected chi connectivity index (χ0v) is 22.1. The van der Waals surface area contributed by atoms with Crippen LogP contribution in [-0.4, -0.2) is 67.6 Å². The van der Waals surface area contributed by atoms with Crippen molar-refractivity contribution >= 4 is 22.9 Å². The summed E-state index contributed by atoms with van der Waals surface area (Å²) in [6, 6.07) is 20.7. The molecule has 7 heteroatoms. The first-order chi connectivity index (χ1) is 18.0. The molecule has 1 fully saturated rings. The van der Waals surface area contributed by atoms with Gasteiger partial charge in [0.05, 0.1) is 18.5 Å². The number of aromatic nitrogens is 2.